The van der Waals surface area contributed by atoms with Gasteiger partial charge in [-0.1, -0.05) is 12.1 Å². The molecule has 0 saturated heterocycles. The summed E-state index contributed by atoms with van der Waals surface area (Å²) in [6.45, 7) is 0. The first-order valence-corrected chi connectivity index (χ1v) is 6.48. The van der Waals surface area contributed by atoms with Crippen molar-refractivity contribution in [3.63, 3.8) is 0 Å². The maximum absolute atomic E-state index is 6.11. The van der Waals surface area contributed by atoms with Crippen LogP contribution >= 0.6 is 11.6 Å². The summed E-state index contributed by atoms with van der Waals surface area (Å²) in [4.78, 5) is 0. The van der Waals surface area contributed by atoms with E-state index in [0.29, 0.717) is 5.38 Å². The van der Waals surface area contributed by atoms with Gasteiger partial charge in [-0.25, -0.2) is 0 Å². The molecule has 0 bridgehead atoms. The minimum Gasteiger partial charge on any atom is -0.497 e. The Labute approximate surface area is 103 Å². The highest BCUT2D eigenvalue weighted by molar-refractivity contribution is 6.20. The zero-order valence-corrected chi connectivity index (χ0v) is 10.5. The minimum atomic E-state index is 0.431. The second-order valence-corrected chi connectivity index (χ2v) is 5.28. The van der Waals surface area contributed by atoms with Gasteiger partial charge in [0.2, 0.25) is 0 Å². The summed E-state index contributed by atoms with van der Waals surface area (Å²) in [5, 5.41) is 0.431. The molecule has 2 unspecified atom stereocenters. The molecule has 1 aliphatic carbocycles. The minimum absolute atomic E-state index is 0.431. The number of methoxy groups -OCH3 is 1. The zero-order chi connectivity index (χ0) is 11.4. The average Bonchev–Trinajstić information content (AvgIpc) is 2.73. The summed E-state index contributed by atoms with van der Waals surface area (Å²) < 4.78 is 5.14. The van der Waals surface area contributed by atoms with Gasteiger partial charge in [-0.3, -0.25) is 0 Å². The van der Waals surface area contributed by atoms with Gasteiger partial charge in [0.25, 0.3) is 0 Å². The Balaban J connectivity index is 1.80. The molecule has 0 aromatic heterocycles. The number of ether oxygens (including phenoxy) is 1. The molecular formula is C14H19ClO. The van der Waals surface area contributed by atoms with Crippen LogP contribution in [0.5, 0.6) is 5.75 Å². The van der Waals surface area contributed by atoms with Gasteiger partial charge in [-0.15, -0.1) is 11.6 Å². The van der Waals surface area contributed by atoms with Crippen molar-refractivity contribution in [2.75, 3.05) is 7.11 Å². The largest absolute Gasteiger partial charge is 0.497 e. The summed E-state index contributed by atoms with van der Waals surface area (Å²) in [6, 6.07) is 8.39. The van der Waals surface area contributed by atoms with Gasteiger partial charge in [-0.05, 0) is 55.7 Å². The van der Waals surface area contributed by atoms with Crippen LogP contribution in [0.25, 0.3) is 0 Å². The number of benzene rings is 1. The Hall–Kier alpha value is -0.690. The van der Waals surface area contributed by atoms with Gasteiger partial charge in [0.15, 0.2) is 0 Å². The molecule has 0 radical (unpaired) electrons. The molecule has 1 nitrogen and oxygen atoms in total. The maximum atomic E-state index is 6.11. The molecule has 1 aromatic rings. The van der Waals surface area contributed by atoms with Crippen molar-refractivity contribution in [3.8, 4) is 5.75 Å². The normalized spacial score (nSPS) is 24.6. The molecular weight excluding hydrogens is 220 g/mol. The van der Waals surface area contributed by atoms with Gasteiger partial charge in [0.1, 0.15) is 5.75 Å². The Morgan fingerprint density at radius 2 is 2.00 bits per heavy atom. The monoisotopic (exact) mass is 238 g/mol. The predicted molar refractivity (Wildman–Crippen MR) is 68.3 cm³/mol. The van der Waals surface area contributed by atoms with Gasteiger partial charge in [-0.2, -0.15) is 0 Å². The Bertz CT molecular complexity index is 320. The number of aryl methyl sites for hydroxylation is 1. The van der Waals surface area contributed by atoms with E-state index >= 15 is 0 Å². The van der Waals surface area contributed by atoms with Crippen LogP contribution < -0.4 is 4.74 Å². The van der Waals surface area contributed by atoms with Crippen molar-refractivity contribution >= 4 is 11.6 Å². The van der Waals surface area contributed by atoms with Crippen molar-refractivity contribution in [1.82, 2.24) is 0 Å². The molecule has 0 amide bonds. The van der Waals surface area contributed by atoms with Gasteiger partial charge >= 0.3 is 0 Å². The van der Waals surface area contributed by atoms with E-state index in [0.717, 1.165) is 18.1 Å². The molecule has 0 aliphatic heterocycles. The fourth-order valence-corrected chi connectivity index (χ4v) is 2.82. The highest BCUT2D eigenvalue weighted by atomic mass is 35.5. The molecule has 2 heteroatoms. The molecule has 0 N–H and O–H groups in total. The molecule has 2 atom stereocenters. The van der Waals surface area contributed by atoms with Crippen LogP contribution in [0.3, 0.4) is 0 Å². The molecule has 0 spiro atoms. The summed E-state index contributed by atoms with van der Waals surface area (Å²) in [5.74, 6) is 1.77. The average molecular weight is 239 g/mol. The quantitative estimate of drug-likeness (QED) is 0.720. The van der Waals surface area contributed by atoms with Crippen LogP contribution in [-0.4, -0.2) is 12.5 Å². The highest BCUT2D eigenvalue weighted by Gasteiger charge is 2.22. The topological polar surface area (TPSA) is 9.23 Å². The van der Waals surface area contributed by atoms with Crippen molar-refractivity contribution < 1.29 is 4.74 Å². The third-order valence-electron chi connectivity index (χ3n) is 3.48. The predicted octanol–water partition coefficient (Wildman–Crippen LogP) is 4.04. The van der Waals surface area contributed by atoms with Crippen molar-refractivity contribution in [3.05, 3.63) is 29.8 Å². The molecule has 1 aromatic carbocycles. The van der Waals surface area contributed by atoms with E-state index in [9.17, 15) is 0 Å². The summed E-state index contributed by atoms with van der Waals surface area (Å²) in [7, 11) is 1.70. The van der Waals surface area contributed by atoms with E-state index in [4.69, 9.17) is 16.3 Å². The first-order chi connectivity index (χ1) is 7.78. The van der Waals surface area contributed by atoms with Gasteiger partial charge in [0, 0.05) is 5.38 Å². The SMILES string of the molecule is COc1ccc(CCC2CCC(Cl)C2)cc1. The summed E-state index contributed by atoms with van der Waals surface area (Å²) in [6.07, 6.45) is 6.16. The number of halogens is 1. The van der Waals surface area contributed by atoms with E-state index < -0.39 is 0 Å². The van der Waals surface area contributed by atoms with E-state index in [1.807, 2.05) is 12.1 Å². The van der Waals surface area contributed by atoms with Crippen molar-refractivity contribution in [1.29, 1.82) is 0 Å². The first-order valence-electron chi connectivity index (χ1n) is 6.05. The number of rotatable bonds is 4. The van der Waals surface area contributed by atoms with Crippen molar-refractivity contribution in [2.45, 2.75) is 37.5 Å². The summed E-state index contributed by atoms with van der Waals surface area (Å²) >= 11 is 6.11. The second-order valence-electron chi connectivity index (χ2n) is 4.66. The molecule has 16 heavy (non-hydrogen) atoms. The first kappa shape index (κ1) is 11.8. The van der Waals surface area contributed by atoms with Gasteiger partial charge < -0.3 is 4.74 Å². The molecule has 88 valence electrons. The van der Waals surface area contributed by atoms with Crippen LogP contribution in [0.1, 0.15) is 31.2 Å². The van der Waals surface area contributed by atoms with Crippen molar-refractivity contribution in [2.24, 2.45) is 5.92 Å². The van der Waals surface area contributed by atoms with Crippen LogP contribution in [0.4, 0.5) is 0 Å². The molecule has 1 aliphatic rings. The lowest BCUT2D eigenvalue weighted by atomic mass is 9.98. The maximum Gasteiger partial charge on any atom is 0.118 e. The zero-order valence-electron chi connectivity index (χ0n) is 9.79. The fraction of sp³-hybridized carbons (Fsp3) is 0.571. The number of alkyl halides is 1. The third kappa shape index (κ3) is 3.15. The Kier molecular flexibility index (Phi) is 4.11. The lowest BCUT2D eigenvalue weighted by Crippen LogP contribution is -1.98. The lowest BCUT2D eigenvalue weighted by molar-refractivity contribution is 0.414. The molecule has 1 saturated carbocycles. The van der Waals surface area contributed by atoms with E-state index in [-0.39, 0.29) is 0 Å². The van der Waals surface area contributed by atoms with E-state index in [1.54, 1.807) is 7.11 Å². The number of hydrogen-bond donors (Lipinski definition) is 0. The van der Waals surface area contributed by atoms with E-state index in [1.165, 1.54) is 31.2 Å². The standard InChI is InChI=1S/C14H19ClO/c1-16-14-8-5-11(6-9-14)2-3-12-4-7-13(15)10-12/h5-6,8-9,12-13H,2-4,7,10H2,1H3. The lowest BCUT2D eigenvalue weighted by Gasteiger charge is -2.09. The van der Waals surface area contributed by atoms with E-state index in [2.05, 4.69) is 12.1 Å². The Morgan fingerprint density at radius 3 is 2.56 bits per heavy atom. The summed E-state index contributed by atoms with van der Waals surface area (Å²) in [5.41, 5.74) is 1.40. The van der Waals surface area contributed by atoms with Crippen LogP contribution in [0, 0.1) is 5.92 Å². The number of hydrogen-bond acceptors (Lipinski definition) is 1. The molecule has 0 heterocycles. The van der Waals surface area contributed by atoms with Crippen LogP contribution in [0.15, 0.2) is 24.3 Å². The van der Waals surface area contributed by atoms with Crippen LogP contribution in [-0.2, 0) is 6.42 Å². The van der Waals surface area contributed by atoms with Gasteiger partial charge in [0.05, 0.1) is 7.11 Å². The smallest absolute Gasteiger partial charge is 0.118 e. The highest BCUT2D eigenvalue weighted by Crippen LogP contribution is 2.32. The molecule has 1 fully saturated rings. The molecule has 2 rings (SSSR count). The second kappa shape index (κ2) is 5.58. The van der Waals surface area contributed by atoms with Crippen LogP contribution in [0.2, 0.25) is 0 Å². The Morgan fingerprint density at radius 1 is 1.25 bits per heavy atom. The fourth-order valence-electron chi connectivity index (χ4n) is 2.44. The third-order valence-corrected chi connectivity index (χ3v) is 3.87.